The number of carbonyl (C=O) groups excluding carboxylic acids is 1. The number of ether oxygens (including phenoxy) is 1. The average molecular weight is 281 g/mol. The van der Waals surface area contributed by atoms with Gasteiger partial charge in [0.15, 0.2) is 5.79 Å². The van der Waals surface area contributed by atoms with Crippen molar-refractivity contribution in [1.29, 1.82) is 0 Å². The summed E-state index contributed by atoms with van der Waals surface area (Å²) in [6, 6.07) is 0. The molecule has 8 heteroatoms. The lowest BCUT2D eigenvalue weighted by molar-refractivity contribution is -0.165. The van der Waals surface area contributed by atoms with E-state index in [1.807, 2.05) is 0 Å². The highest BCUT2D eigenvalue weighted by Crippen LogP contribution is 2.08. The number of aliphatic hydroxyl groups is 1. The van der Waals surface area contributed by atoms with E-state index in [1.165, 1.54) is 19.2 Å². The predicted molar refractivity (Wildman–Crippen MR) is 67.2 cm³/mol. The molecule has 0 radical (unpaired) electrons. The zero-order chi connectivity index (χ0) is 14.8. The summed E-state index contributed by atoms with van der Waals surface area (Å²) < 4.78 is 33.6. The topological polar surface area (TPSA) is 113 Å². The largest absolute Gasteiger partial charge is 0.365 e. The van der Waals surface area contributed by atoms with Crippen molar-refractivity contribution in [3.8, 4) is 0 Å². The second-order valence-electron chi connectivity index (χ2n) is 3.41. The standard InChI is InChI=1S/C6H12O5S.C4H7NO/c1-3-4-11-6(2,7)5-12(8,9)10;1-3-5-4(2)6/h3,7H,1,4-5H2,2H3,(H,8,9,10);3H,1H2,2H3,(H,5,6). The quantitative estimate of drug-likeness (QED) is 0.360. The summed E-state index contributed by atoms with van der Waals surface area (Å²) in [5, 5.41) is 11.5. The van der Waals surface area contributed by atoms with Crippen molar-refractivity contribution in [3.63, 3.8) is 0 Å². The van der Waals surface area contributed by atoms with Gasteiger partial charge in [-0.2, -0.15) is 8.42 Å². The Hall–Kier alpha value is -1.22. The predicted octanol–water partition coefficient (Wildman–Crippen LogP) is 0.0513. The highest BCUT2D eigenvalue weighted by atomic mass is 32.2. The van der Waals surface area contributed by atoms with Crippen LogP contribution in [0.3, 0.4) is 0 Å². The number of hydrogen-bond acceptors (Lipinski definition) is 5. The molecule has 1 atom stereocenters. The Morgan fingerprint density at radius 3 is 2.22 bits per heavy atom. The molecule has 0 aliphatic rings. The van der Waals surface area contributed by atoms with E-state index in [0.29, 0.717) is 0 Å². The fourth-order valence-electron chi connectivity index (χ4n) is 0.762. The lowest BCUT2D eigenvalue weighted by Crippen LogP contribution is -2.36. The molecule has 0 saturated carbocycles. The highest BCUT2D eigenvalue weighted by molar-refractivity contribution is 7.85. The van der Waals surface area contributed by atoms with Gasteiger partial charge in [-0.05, 0) is 13.1 Å². The highest BCUT2D eigenvalue weighted by Gasteiger charge is 2.27. The van der Waals surface area contributed by atoms with Gasteiger partial charge in [0.2, 0.25) is 5.91 Å². The maximum absolute atomic E-state index is 10.3. The van der Waals surface area contributed by atoms with Crippen LogP contribution in [0.1, 0.15) is 13.8 Å². The smallest absolute Gasteiger partial charge is 0.270 e. The van der Waals surface area contributed by atoms with Crippen LogP contribution in [0.25, 0.3) is 0 Å². The molecule has 0 spiro atoms. The van der Waals surface area contributed by atoms with Gasteiger partial charge in [0, 0.05) is 6.92 Å². The monoisotopic (exact) mass is 281 g/mol. The van der Waals surface area contributed by atoms with Crippen molar-refractivity contribution < 1.29 is 27.6 Å². The summed E-state index contributed by atoms with van der Waals surface area (Å²) in [7, 11) is -4.22. The molecule has 0 aromatic carbocycles. The van der Waals surface area contributed by atoms with Crippen LogP contribution in [0.5, 0.6) is 0 Å². The van der Waals surface area contributed by atoms with Crippen molar-refractivity contribution in [3.05, 3.63) is 25.4 Å². The maximum atomic E-state index is 10.3. The lowest BCUT2D eigenvalue weighted by Gasteiger charge is -2.20. The summed E-state index contributed by atoms with van der Waals surface area (Å²) in [4.78, 5) is 9.86. The minimum Gasteiger partial charge on any atom is -0.365 e. The summed E-state index contributed by atoms with van der Waals surface area (Å²) in [6.45, 7) is 9.17. The second-order valence-corrected chi connectivity index (χ2v) is 4.86. The van der Waals surface area contributed by atoms with Gasteiger partial charge in [0.25, 0.3) is 10.1 Å². The number of amides is 1. The van der Waals surface area contributed by atoms with E-state index >= 15 is 0 Å². The van der Waals surface area contributed by atoms with Gasteiger partial charge < -0.3 is 15.2 Å². The van der Waals surface area contributed by atoms with E-state index in [2.05, 4.69) is 23.2 Å². The fourth-order valence-corrected chi connectivity index (χ4v) is 1.52. The zero-order valence-corrected chi connectivity index (χ0v) is 11.2. The maximum Gasteiger partial charge on any atom is 0.270 e. The van der Waals surface area contributed by atoms with E-state index in [9.17, 15) is 18.3 Å². The van der Waals surface area contributed by atoms with Crippen LogP contribution in [-0.2, 0) is 19.6 Å². The zero-order valence-electron chi connectivity index (χ0n) is 10.4. The molecule has 0 saturated heterocycles. The average Bonchev–Trinajstić information content (AvgIpc) is 2.11. The van der Waals surface area contributed by atoms with E-state index in [1.54, 1.807) is 0 Å². The van der Waals surface area contributed by atoms with Gasteiger partial charge in [-0.1, -0.05) is 12.7 Å². The van der Waals surface area contributed by atoms with Crippen LogP contribution in [-0.4, -0.2) is 42.1 Å². The van der Waals surface area contributed by atoms with E-state index in [-0.39, 0.29) is 12.5 Å². The number of nitrogens with one attached hydrogen (secondary N) is 1. The third-order valence-corrected chi connectivity index (χ3v) is 2.17. The molecular formula is C10H19NO6S. The summed E-state index contributed by atoms with van der Waals surface area (Å²) in [5.41, 5.74) is 0. The number of hydrogen-bond donors (Lipinski definition) is 3. The molecular weight excluding hydrogens is 262 g/mol. The number of rotatable bonds is 6. The molecule has 0 rings (SSSR count). The molecule has 3 N–H and O–H groups in total. The van der Waals surface area contributed by atoms with E-state index < -0.39 is 21.7 Å². The Kier molecular flexibility index (Phi) is 9.36. The molecule has 1 unspecified atom stereocenters. The van der Waals surface area contributed by atoms with Gasteiger partial charge in [-0.3, -0.25) is 9.35 Å². The van der Waals surface area contributed by atoms with Crippen LogP contribution in [0.15, 0.2) is 25.4 Å². The third-order valence-electron chi connectivity index (χ3n) is 1.27. The Labute approximate surface area is 107 Å². The summed E-state index contributed by atoms with van der Waals surface area (Å²) >= 11 is 0. The molecule has 0 aromatic rings. The van der Waals surface area contributed by atoms with Crippen molar-refractivity contribution >= 4 is 16.0 Å². The van der Waals surface area contributed by atoms with Crippen LogP contribution in [0.4, 0.5) is 0 Å². The SMILES string of the molecule is C=CCOC(C)(O)CS(=O)(=O)O.C=CNC(C)=O. The first-order valence-electron chi connectivity index (χ1n) is 4.84. The van der Waals surface area contributed by atoms with Gasteiger partial charge in [0.05, 0.1) is 6.61 Å². The fraction of sp³-hybridized carbons (Fsp3) is 0.500. The van der Waals surface area contributed by atoms with Crippen molar-refractivity contribution in [2.45, 2.75) is 19.6 Å². The molecule has 0 aromatic heterocycles. The van der Waals surface area contributed by atoms with E-state index in [0.717, 1.165) is 6.92 Å². The van der Waals surface area contributed by atoms with Crippen LogP contribution in [0.2, 0.25) is 0 Å². The minimum absolute atomic E-state index is 0.0164. The van der Waals surface area contributed by atoms with Crippen molar-refractivity contribution in [2.75, 3.05) is 12.4 Å². The molecule has 106 valence electrons. The first-order valence-corrected chi connectivity index (χ1v) is 6.45. The molecule has 0 bridgehead atoms. The normalized spacial score (nSPS) is 13.6. The van der Waals surface area contributed by atoms with Crippen molar-refractivity contribution in [1.82, 2.24) is 5.32 Å². The minimum atomic E-state index is -4.22. The van der Waals surface area contributed by atoms with Crippen molar-refractivity contribution in [2.24, 2.45) is 0 Å². The van der Waals surface area contributed by atoms with Gasteiger partial charge in [0.1, 0.15) is 5.75 Å². The molecule has 0 aliphatic carbocycles. The van der Waals surface area contributed by atoms with Crippen LogP contribution < -0.4 is 5.32 Å². The molecule has 7 nitrogen and oxygen atoms in total. The molecule has 0 fully saturated rings. The van der Waals surface area contributed by atoms with Crippen LogP contribution >= 0.6 is 0 Å². The Bertz CT molecular complexity index is 374. The Morgan fingerprint density at radius 1 is 1.50 bits per heavy atom. The van der Waals surface area contributed by atoms with Gasteiger partial charge in [-0.15, -0.1) is 6.58 Å². The summed E-state index contributed by atoms with van der Waals surface area (Å²) in [6.07, 6.45) is 2.71. The van der Waals surface area contributed by atoms with E-state index in [4.69, 9.17) is 4.55 Å². The van der Waals surface area contributed by atoms with Gasteiger partial charge >= 0.3 is 0 Å². The first-order chi connectivity index (χ1) is 8.04. The Balaban J connectivity index is 0. The molecule has 1 amide bonds. The lowest BCUT2D eigenvalue weighted by atomic mass is 10.4. The first kappa shape index (κ1) is 19.1. The molecule has 18 heavy (non-hydrogen) atoms. The van der Waals surface area contributed by atoms with Gasteiger partial charge in [-0.25, -0.2) is 0 Å². The third kappa shape index (κ3) is 17.2. The Morgan fingerprint density at radius 2 is 2.00 bits per heavy atom. The summed E-state index contributed by atoms with van der Waals surface area (Å²) in [5.74, 6) is -2.81. The number of carbonyl (C=O) groups is 1. The van der Waals surface area contributed by atoms with Crippen LogP contribution in [0, 0.1) is 0 Å². The second kappa shape index (κ2) is 8.81. The molecule has 0 heterocycles. The molecule has 0 aliphatic heterocycles.